The molecule has 2 rings (SSSR count). The van der Waals surface area contributed by atoms with Crippen LogP contribution in [0.15, 0.2) is 17.5 Å². The molecule has 0 bridgehead atoms. The molecule has 20 heavy (non-hydrogen) atoms. The van der Waals surface area contributed by atoms with E-state index in [0.717, 1.165) is 18.0 Å². The maximum Gasteiger partial charge on any atom is 0.312 e. The van der Waals surface area contributed by atoms with E-state index >= 15 is 0 Å². The number of amides is 3. The van der Waals surface area contributed by atoms with Gasteiger partial charge >= 0.3 is 6.03 Å². The van der Waals surface area contributed by atoms with Gasteiger partial charge in [-0.25, -0.2) is 4.79 Å². The summed E-state index contributed by atoms with van der Waals surface area (Å²) in [6.45, 7) is 4.33. The van der Waals surface area contributed by atoms with E-state index < -0.39 is 6.03 Å². The number of hydrogen-bond donors (Lipinski definition) is 3. The maximum absolute atomic E-state index is 12.4. The zero-order valence-electron chi connectivity index (χ0n) is 11.5. The minimum Gasteiger partial charge on any atom is -0.352 e. The van der Waals surface area contributed by atoms with E-state index in [4.69, 9.17) is 5.73 Å². The Hall–Kier alpha value is -1.60. The van der Waals surface area contributed by atoms with Crippen molar-refractivity contribution in [3.05, 3.63) is 22.4 Å². The number of nitrogens with zero attached hydrogens (tertiary/aromatic N) is 1. The molecule has 6 nitrogen and oxygen atoms in total. The summed E-state index contributed by atoms with van der Waals surface area (Å²) in [6, 6.07) is 3.02. The highest BCUT2D eigenvalue weighted by Gasteiger charge is 2.26. The molecule has 0 saturated carbocycles. The molecule has 1 unspecified atom stereocenters. The quantitative estimate of drug-likeness (QED) is 0.763. The van der Waals surface area contributed by atoms with Crippen LogP contribution in [0.4, 0.5) is 4.79 Å². The average Bonchev–Trinajstić information content (AvgIpc) is 2.91. The summed E-state index contributed by atoms with van der Waals surface area (Å²) in [6.07, 6.45) is 0.244. The van der Waals surface area contributed by atoms with Gasteiger partial charge < -0.3 is 21.3 Å². The number of carbonyl (C=O) groups excluding carboxylic acids is 2. The monoisotopic (exact) mass is 296 g/mol. The molecule has 0 aromatic carbocycles. The lowest BCUT2D eigenvalue weighted by Gasteiger charge is -2.34. The van der Waals surface area contributed by atoms with Gasteiger partial charge in [-0.15, -0.1) is 11.3 Å². The Kier molecular flexibility index (Phi) is 4.97. The van der Waals surface area contributed by atoms with E-state index in [1.165, 1.54) is 11.3 Å². The summed E-state index contributed by atoms with van der Waals surface area (Å²) in [4.78, 5) is 26.3. The summed E-state index contributed by atoms with van der Waals surface area (Å²) in [5, 5.41) is 7.82. The summed E-state index contributed by atoms with van der Waals surface area (Å²) < 4.78 is 0. The molecule has 0 aliphatic carbocycles. The molecule has 110 valence electrons. The van der Waals surface area contributed by atoms with Crippen molar-refractivity contribution < 1.29 is 9.59 Å². The molecule has 2 atom stereocenters. The second-order valence-corrected chi connectivity index (χ2v) is 5.90. The van der Waals surface area contributed by atoms with Gasteiger partial charge in [-0.05, 0) is 18.4 Å². The minimum atomic E-state index is -0.607. The molecule has 0 radical (unpaired) electrons. The molecular weight excluding hydrogens is 276 g/mol. The first-order valence-electron chi connectivity index (χ1n) is 6.67. The van der Waals surface area contributed by atoms with E-state index in [1.54, 1.807) is 0 Å². The van der Waals surface area contributed by atoms with Gasteiger partial charge in [0.2, 0.25) is 5.91 Å². The van der Waals surface area contributed by atoms with Crippen molar-refractivity contribution in [1.29, 1.82) is 0 Å². The summed E-state index contributed by atoms with van der Waals surface area (Å²) >= 11 is 1.51. The van der Waals surface area contributed by atoms with Gasteiger partial charge in [0.1, 0.15) is 0 Å². The van der Waals surface area contributed by atoms with Crippen LogP contribution in [0.5, 0.6) is 0 Å². The number of nitrogens with one attached hydrogen (secondary N) is 2. The molecule has 1 saturated heterocycles. The Morgan fingerprint density at radius 1 is 1.65 bits per heavy atom. The largest absolute Gasteiger partial charge is 0.352 e. The molecule has 7 heteroatoms. The highest BCUT2D eigenvalue weighted by atomic mass is 32.1. The number of hydrogen-bond acceptors (Lipinski definition) is 4. The van der Waals surface area contributed by atoms with E-state index in [0.29, 0.717) is 6.54 Å². The van der Waals surface area contributed by atoms with Crippen LogP contribution in [0.25, 0.3) is 0 Å². The van der Waals surface area contributed by atoms with Crippen molar-refractivity contribution >= 4 is 23.3 Å². The third-order valence-electron chi connectivity index (χ3n) is 3.40. The molecule has 1 aromatic rings. The fourth-order valence-electron chi connectivity index (χ4n) is 2.39. The van der Waals surface area contributed by atoms with Crippen LogP contribution in [0.2, 0.25) is 0 Å². The highest BCUT2D eigenvalue weighted by Crippen LogP contribution is 2.23. The predicted octanol–water partition coefficient (Wildman–Crippen LogP) is 0.668. The van der Waals surface area contributed by atoms with E-state index in [-0.39, 0.29) is 24.4 Å². The van der Waals surface area contributed by atoms with Gasteiger partial charge in [-0.1, -0.05) is 6.07 Å². The first kappa shape index (κ1) is 14.8. The summed E-state index contributed by atoms with van der Waals surface area (Å²) in [5.74, 6) is 0.0474. The minimum absolute atomic E-state index is 0.0474. The number of thiophene rings is 1. The Balaban J connectivity index is 2.03. The third kappa shape index (κ3) is 3.71. The lowest BCUT2D eigenvalue weighted by Crippen LogP contribution is -2.52. The Labute approximate surface area is 122 Å². The number of primary amides is 1. The molecule has 1 aliphatic heterocycles. The number of carbonyl (C=O) groups is 2. The first-order chi connectivity index (χ1) is 9.58. The maximum atomic E-state index is 12.4. The van der Waals surface area contributed by atoms with E-state index in [9.17, 15) is 9.59 Å². The zero-order valence-corrected chi connectivity index (χ0v) is 12.3. The van der Waals surface area contributed by atoms with Crippen molar-refractivity contribution in [2.75, 3.05) is 19.6 Å². The molecule has 0 spiro atoms. The lowest BCUT2D eigenvalue weighted by atomic mass is 10.1. The Morgan fingerprint density at radius 3 is 3.05 bits per heavy atom. The lowest BCUT2D eigenvalue weighted by molar-refractivity contribution is -0.134. The number of piperazine rings is 1. The van der Waals surface area contributed by atoms with Gasteiger partial charge in [-0.3, -0.25) is 4.79 Å². The predicted molar refractivity (Wildman–Crippen MR) is 78.4 cm³/mol. The molecular formula is C13H20N4O2S. The molecule has 1 fully saturated rings. The molecule has 3 amide bonds. The van der Waals surface area contributed by atoms with Crippen LogP contribution in [-0.4, -0.2) is 42.5 Å². The first-order valence-corrected chi connectivity index (χ1v) is 7.55. The van der Waals surface area contributed by atoms with Crippen molar-refractivity contribution in [1.82, 2.24) is 15.5 Å². The Bertz CT molecular complexity index is 463. The normalized spacial score (nSPS) is 20.4. The van der Waals surface area contributed by atoms with Crippen LogP contribution in [-0.2, 0) is 4.79 Å². The van der Waals surface area contributed by atoms with Gasteiger partial charge in [0.25, 0.3) is 0 Å². The SMILES string of the molecule is C[C@@H]1CNCCN1C(=O)CC(NC(N)=O)c1cccs1. The number of urea groups is 1. The fraction of sp³-hybridized carbons (Fsp3) is 0.538. The number of nitrogens with two attached hydrogens (primary N) is 1. The fourth-order valence-corrected chi connectivity index (χ4v) is 3.17. The number of rotatable bonds is 4. The van der Waals surface area contributed by atoms with Crippen molar-refractivity contribution in [3.8, 4) is 0 Å². The second kappa shape index (κ2) is 6.71. The van der Waals surface area contributed by atoms with Crippen LogP contribution in [0, 0.1) is 0 Å². The van der Waals surface area contributed by atoms with Gasteiger partial charge in [0.05, 0.1) is 12.5 Å². The summed E-state index contributed by atoms with van der Waals surface area (Å²) in [5.41, 5.74) is 5.20. The van der Waals surface area contributed by atoms with E-state index in [2.05, 4.69) is 10.6 Å². The second-order valence-electron chi connectivity index (χ2n) is 4.92. The zero-order chi connectivity index (χ0) is 14.5. The average molecular weight is 296 g/mol. The van der Waals surface area contributed by atoms with Crippen molar-refractivity contribution in [2.24, 2.45) is 5.73 Å². The van der Waals surface area contributed by atoms with Gasteiger partial charge in [0, 0.05) is 30.6 Å². The van der Waals surface area contributed by atoms with Gasteiger partial charge in [0.15, 0.2) is 0 Å². The van der Waals surface area contributed by atoms with Crippen LogP contribution in [0.3, 0.4) is 0 Å². The van der Waals surface area contributed by atoms with Crippen LogP contribution < -0.4 is 16.4 Å². The van der Waals surface area contributed by atoms with Crippen molar-refractivity contribution in [3.63, 3.8) is 0 Å². The van der Waals surface area contributed by atoms with Crippen LogP contribution >= 0.6 is 11.3 Å². The van der Waals surface area contributed by atoms with E-state index in [1.807, 2.05) is 29.3 Å². The third-order valence-corrected chi connectivity index (χ3v) is 4.39. The highest BCUT2D eigenvalue weighted by molar-refractivity contribution is 7.10. The topological polar surface area (TPSA) is 87.5 Å². The smallest absolute Gasteiger partial charge is 0.312 e. The van der Waals surface area contributed by atoms with Crippen LogP contribution in [0.1, 0.15) is 24.3 Å². The van der Waals surface area contributed by atoms with Gasteiger partial charge in [-0.2, -0.15) is 0 Å². The molecule has 1 aliphatic rings. The molecule has 4 N–H and O–H groups in total. The van der Waals surface area contributed by atoms with Crippen molar-refractivity contribution in [2.45, 2.75) is 25.4 Å². The molecule has 2 heterocycles. The standard InChI is InChI=1S/C13H20N4O2S/c1-9-8-15-4-5-17(9)12(18)7-10(16-13(14)19)11-3-2-6-20-11/h2-3,6,9-10,15H,4-5,7-8H2,1H3,(H3,14,16,19)/t9-,10?/m1/s1. The molecule has 1 aromatic heterocycles. The Morgan fingerprint density at radius 2 is 2.45 bits per heavy atom. The summed E-state index contributed by atoms with van der Waals surface area (Å²) in [7, 11) is 0.